The van der Waals surface area contributed by atoms with Crippen LogP contribution in [0.15, 0.2) is 0 Å². The van der Waals surface area contributed by atoms with Gasteiger partial charge < -0.3 is 15.7 Å². The zero-order chi connectivity index (χ0) is 12.7. The highest BCUT2D eigenvalue weighted by atomic mass is 16.3. The van der Waals surface area contributed by atoms with Crippen LogP contribution in [0.4, 0.5) is 0 Å². The first-order chi connectivity index (χ1) is 8.09. The predicted octanol–water partition coefficient (Wildman–Crippen LogP) is -0.441. The Morgan fingerprint density at radius 2 is 2.06 bits per heavy atom. The summed E-state index contributed by atoms with van der Waals surface area (Å²) in [5.41, 5.74) is -0.631. The van der Waals surface area contributed by atoms with Crippen LogP contribution in [0, 0.1) is 0 Å². The van der Waals surface area contributed by atoms with Crippen molar-refractivity contribution in [3.05, 3.63) is 0 Å². The summed E-state index contributed by atoms with van der Waals surface area (Å²) >= 11 is 0. The van der Waals surface area contributed by atoms with E-state index < -0.39 is 5.60 Å². The quantitative estimate of drug-likeness (QED) is 0.592. The molecule has 1 amide bonds. The monoisotopic (exact) mass is 243 g/mol. The number of piperidine rings is 1. The molecule has 5 nitrogen and oxygen atoms in total. The molecular weight excluding hydrogens is 218 g/mol. The molecule has 0 bridgehead atoms. The van der Waals surface area contributed by atoms with E-state index in [0.717, 1.165) is 32.5 Å². The van der Waals surface area contributed by atoms with E-state index in [4.69, 9.17) is 0 Å². The van der Waals surface area contributed by atoms with Gasteiger partial charge in [-0.3, -0.25) is 9.69 Å². The van der Waals surface area contributed by atoms with Crippen LogP contribution in [0.3, 0.4) is 0 Å². The average Bonchev–Trinajstić information content (AvgIpc) is 2.29. The Morgan fingerprint density at radius 3 is 2.59 bits per heavy atom. The van der Waals surface area contributed by atoms with Crippen molar-refractivity contribution in [2.24, 2.45) is 0 Å². The summed E-state index contributed by atoms with van der Waals surface area (Å²) in [4.78, 5) is 13.5. The maximum Gasteiger partial charge on any atom is 0.234 e. The van der Waals surface area contributed by atoms with Crippen molar-refractivity contribution >= 4 is 5.91 Å². The van der Waals surface area contributed by atoms with Crippen molar-refractivity contribution in [1.29, 1.82) is 0 Å². The molecule has 0 aromatic carbocycles. The van der Waals surface area contributed by atoms with E-state index in [2.05, 4.69) is 10.6 Å². The Bertz CT molecular complexity index is 240. The maximum absolute atomic E-state index is 11.5. The molecule has 0 radical (unpaired) electrons. The van der Waals surface area contributed by atoms with Crippen molar-refractivity contribution in [2.45, 2.75) is 32.3 Å². The molecule has 1 aliphatic heterocycles. The zero-order valence-corrected chi connectivity index (χ0v) is 11.0. The van der Waals surface area contributed by atoms with Crippen LogP contribution >= 0.6 is 0 Å². The first-order valence-corrected chi connectivity index (χ1v) is 6.52. The second kappa shape index (κ2) is 6.93. The number of carbonyl (C=O) groups is 1. The lowest BCUT2D eigenvalue weighted by Gasteiger charge is -2.36. The number of hydrogen-bond donors (Lipinski definition) is 3. The minimum absolute atomic E-state index is 0.0342. The third-order valence-electron chi connectivity index (χ3n) is 3.24. The zero-order valence-electron chi connectivity index (χ0n) is 11.0. The normalized spacial score (nSPS) is 19.3. The van der Waals surface area contributed by atoms with Gasteiger partial charge in [-0.05, 0) is 39.4 Å². The maximum atomic E-state index is 11.5. The summed E-state index contributed by atoms with van der Waals surface area (Å²) in [6.07, 6.45) is 1.53. The molecule has 3 N–H and O–H groups in total. The van der Waals surface area contributed by atoms with Gasteiger partial charge in [-0.25, -0.2) is 0 Å². The number of likely N-dealkylation sites (N-methyl/N-ethyl adjacent to an activating group) is 2. The van der Waals surface area contributed by atoms with Gasteiger partial charge in [-0.2, -0.15) is 0 Å². The SMILES string of the molecule is CCNC(=O)CN(CC)CC1(O)CCNCC1. The average molecular weight is 243 g/mol. The van der Waals surface area contributed by atoms with Crippen molar-refractivity contribution in [3.8, 4) is 0 Å². The second-order valence-electron chi connectivity index (χ2n) is 4.73. The van der Waals surface area contributed by atoms with Crippen molar-refractivity contribution in [1.82, 2.24) is 15.5 Å². The third-order valence-corrected chi connectivity index (χ3v) is 3.24. The molecule has 0 aliphatic carbocycles. The topological polar surface area (TPSA) is 64.6 Å². The van der Waals surface area contributed by atoms with Gasteiger partial charge in [0, 0.05) is 13.1 Å². The Kier molecular flexibility index (Phi) is 5.88. The molecule has 1 aliphatic rings. The molecule has 1 saturated heterocycles. The highest BCUT2D eigenvalue weighted by molar-refractivity contribution is 5.77. The lowest BCUT2D eigenvalue weighted by molar-refractivity contribution is -0.123. The number of nitrogens with zero attached hydrogens (tertiary/aromatic N) is 1. The number of nitrogens with one attached hydrogen (secondary N) is 2. The third kappa shape index (κ3) is 5.02. The van der Waals surface area contributed by atoms with Crippen LogP contribution in [0.5, 0.6) is 0 Å². The molecule has 5 heteroatoms. The first kappa shape index (κ1) is 14.4. The van der Waals surface area contributed by atoms with E-state index in [1.807, 2.05) is 18.7 Å². The standard InChI is InChI=1S/C12H25N3O2/c1-3-14-11(16)9-15(4-2)10-12(17)5-7-13-8-6-12/h13,17H,3-10H2,1-2H3,(H,14,16). The smallest absolute Gasteiger partial charge is 0.234 e. The molecule has 0 atom stereocenters. The van der Waals surface area contributed by atoms with Gasteiger partial charge in [0.15, 0.2) is 0 Å². The van der Waals surface area contributed by atoms with Gasteiger partial charge in [0.1, 0.15) is 0 Å². The Labute approximate surface area is 104 Å². The number of rotatable bonds is 6. The fourth-order valence-corrected chi connectivity index (χ4v) is 2.20. The van der Waals surface area contributed by atoms with E-state index in [9.17, 15) is 9.90 Å². The van der Waals surface area contributed by atoms with Crippen LogP contribution in [0.25, 0.3) is 0 Å². The van der Waals surface area contributed by atoms with E-state index >= 15 is 0 Å². The molecule has 100 valence electrons. The summed E-state index contributed by atoms with van der Waals surface area (Å²) in [6, 6.07) is 0. The molecular formula is C12H25N3O2. The Morgan fingerprint density at radius 1 is 1.41 bits per heavy atom. The highest BCUT2D eigenvalue weighted by Crippen LogP contribution is 2.19. The predicted molar refractivity (Wildman–Crippen MR) is 67.9 cm³/mol. The van der Waals surface area contributed by atoms with Crippen molar-refractivity contribution in [2.75, 3.05) is 39.3 Å². The van der Waals surface area contributed by atoms with Gasteiger partial charge in [-0.15, -0.1) is 0 Å². The molecule has 0 aromatic heterocycles. The molecule has 0 aromatic rings. The highest BCUT2D eigenvalue weighted by Gasteiger charge is 2.31. The summed E-state index contributed by atoms with van der Waals surface area (Å²) in [5, 5.41) is 16.4. The molecule has 1 heterocycles. The van der Waals surface area contributed by atoms with E-state index in [1.54, 1.807) is 0 Å². The summed E-state index contributed by atoms with van der Waals surface area (Å²) < 4.78 is 0. The summed E-state index contributed by atoms with van der Waals surface area (Å²) in [6.45, 7) is 8.04. The fraction of sp³-hybridized carbons (Fsp3) is 0.917. The largest absolute Gasteiger partial charge is 0.388 e. The Hall–Kier alpha value is -0.650. The second-order valence-corrected chi connectivity index (χ2v) is 4.73. The molecule has 1 rings (SSSR count). The summed E-state index contributed by atoms with van der Waals surface area (Å²) in [5.74, 6) is 0.0342. The van der Waals surface area contributed by atoms with Crippen molar-refractivity contribution < 1.29 is 9.90 Å². The van der Waals surface area contributed by atoms with E-state index in [-0.39, 0.29) is 5.91 Å². The van der Waals surface area contributed by atoms with Crippen LogP contribution in [-0.4, -0.2) is 60.8 Å². The van der Waals surface area contributed by atoms with Gasteiger partial charge in [0.05, 0.1) is 12.1 Å². The minimum atomic E-state index is -0.631. The number of carbonyl (C=O) groups excluding carboxylic acids is 1. The van der Waals surface area contributed by atoms with E-state index in [1.165, 1.54) is 0 Å². The fourth-order valence-electron chi connectivity index (χ4n) is 2.20. The number of amides is 1. The lowest BCUT2D eigenvalue weighted by atomic mass is 9.92. The summed E-state index contributed by atoms with van der Waals surface area (Å²) in [7, 11) is 0. The van der Waals surface area contributed by atoms with Crippen LogP contribution in [-0.2, 0) is 4.79 Å². The molecule has 0 unspecified atom stereocenters. The van der Waals surface area contributed by atoms with Gasteiger partial charge in [0.2, 0.25) is 5.91 Å². The lowest BCUT2D eigenvalue weighted by Crippen LogP contribution is -2.51. The number of hydrogen-bond acceptors (Lipinski definition) is 4. The molecule has 0 spiro atoms. The van der Waals surface area contributed by atoms with Gasteiger partial charge >= 0.3 is 0 Å². The van der Waals surface area contributed by atoms with Crippen LogP contribution < -0.4 is 10.6 Å². The van der Waals surface area contributed by atoms with Gasteiger partial charge in [0.25, 0.3) is 0 Å². The van der Waals surface area contributed by atoms with Crippen LogP contribution in [0.1, 0.15) is 26.7 Å². The number of aliphatic hydroxyl groups is 1. The molecule has 17 heavy (non-hydrogen) atoms. The van der Waals surface area contributed by atoms with Gasteiger partial charge in [-0.1, -0.05) is 6.92 Å². The van der Waals surface area contributed by atoms with Crippen molar-refractivity contribution in [3.63, 3.8) is 0 Å². The van der Waals surface area contributed by atoms with E-state index in [0.29, 0.717) is 19.6 Å². The molecule has 1 fully saturated rings. The minimum Gasteiger partial charge on any atom is -0.388 e. The Balaban J connectivity index is 2.42. The first-order valence-electron chi connectivity index (χ1n) is 6.52. The van der Waals surface area contributed by atoms with Crippen LogP contribution in [0.2, 0.25) is 0 Å². The molecule has 0 saturated carbocycles.